The zero-order chi connectivity index (χ0) is 13.0. The number of nitrogens with zero attached hydrogens (tertiary/aromatic N) is 1. The fourth-order valence-electron chi connectivity index (χ4n) is 2.83. The SMILES string of the molecule is CCN(CC1(N)CCCCC1)c1ccc(F)cc1. The lowest BCUT2D eigenvalue weighted by molar-refractivity contribution is 0.298. The molecule has 1 fully saturated rings. The van der Waals surface area contributed by atoms with Crippen molar-refractivity contribution < 1.29 is 4.39 Å². The highest BCUT2D eigenvalue weighted by Gasteiger charge is 2.29. The van der Waals surface area contributed by atoms with Crippen LogP contribution in [0.25, 0.3) is 0 Å². The largest absolute Gasteiger partial charge is 0.370 e. The lowest BCUT2D eigenvalue weighted by atomic mass is 9.82. The minimum atomic E-state index is -0.185. The molecule has 1 aromatic rings. The Hall–Kier alpha value is -1.09. The van der Waals surface area contributed by atoms with Crippen LogP contribution in [-0.2, 0) is 0 Å². The summed E-state index contributed by atoms with van der Waals surface area (Å²) in [4.78, 5) is 2.25. The molecule has 0 spiro atoms. The second-order valence-corrected chi connectivity index (χ2v) is 5.41. The van der Waals surface area contributed by atoms with E-state index in [4.69, 9.17) is 5.73 Å². The lowest BCUT2D eigenvalue weighted by Crippen LogP contribution is -2.51. The fourth-order valence-corrected chi connectivity index (χ4v) is 2.83. The molecule has 3 heteroatoms. The normalized spacial score (nSPS) is 18.6. The molecular formula is C15H23FN2. The molecule has 0 heterocycles. The van der Waals surface area contributed by atoms with E-state index in [-0.39, 0.29) is 11.4 Å². The summed E-state index contributed by atoms with van der Waals surface area (Å²) in [7, 11) is 0. The lowest BCUT2D eigenvalue weighted by Gasteiger charge is -2.38. The van der Waals surface area contributed by atoms with Crippen LogP contribution in [0.3, 0.4) is 0 Å². The summed E-state index contributed by atoms with van der Waals surface area (Å²) in [6.07, 6.45) is 5.98. The summed E-state index contributed by atoms with van der Waals surface area (Å²) in [5.41, 5.74) is 7.48. The van der Waals surface area contributed by atoms with Gasteiger partial charge in [0.1, 0.15) is 5.82 Å². The third-order valence-electron chi connectivity index (χ3n) is 3.93. The van der Waals surface area contributed by atoms with E-state index in [1.165, 1.54) is 31.4 Å². The molecule has 2 N–H and O–H groups in total. The number of benzene rings is 1. The van der Waals surface area contributed by atoms with E-state index >= 15 is 0 Å². The average Bonchev–Trinajstić information content (AvgIpc) is 2.38. The minimum Gasteiger partial charge on any atom is -0.370 e. The Balaban J connectivity index is 2.06. The smallest absolute Gasteiger partial charge is 0.123 e. The standard InChI is InChI=1S/C15H23FN2/c1-2-18(14-8-6-13(16)7-9-14)12-15(17)10-4-3-5-11-15/h6-9H,2-5,10-12,17H2,1H3. The van der Waals surface area contributed by atoms with E-state index < -0.39 is 0 Å². The molecule has 0 radical (unpaired) electrons. The Morgan fingerprint density at radius 2 is 1.78 bits per heavy atom. The molecule has 1 aliphatic carbocycles. The highest BCUT2D eigenvalue weighted by atomic mass is 19.1. The van der Waals surface area contributed by atoms with Crippen molar-refractivity contribution >= 4 is 5.69 Å². The van der Waals surface area contributed by atoms with Crippen LogP contribution < -0.4 is 10.6 Å². The van der Waals surface area contributed by atoms with Gasteiger partial charge < -0.3 is 10.6 Å². The van der Waals surface area contributed by atoms with Crippen LogP contribution in [0.2, 0.25) is 0 Å². The van der Waals surface area contributed by atoms with E-state index in [2.05, 4.69) is 11.8 Å². The maximum Gasteiger partial charge on any atom is 0.123 e. The highest BCUT2D eigenvalue weighted by molar-refractivity contribution is 5.46. The molecule has 0 amide bonds. The van der Waals surface area contributed by atoms with Crippen LogP contribution in [0.5, 0.6) is 0 Å². The van der Waals surface area contributed by atoms with Gasteiger partial charge >= 0.3 is 0 Å². The van der Waals surface area contributed by atoms with Crippen molar-refractivity contribution in [3.63, 3.8) is 0 Å². The third-order valence-corrected chi connectivity index (χ3v) is 3.93. The molecule has 0 atom stereocenters. The molecule has 1 aromatic carbocycles. The predicted octanol–water partition coefficient (Wildman–Crippen LogP) is 3.31. The summed E-state index contributed by atoms with van der Waals surface area (Å²) in [5, 5.41) is 0. The highest BCUT2D eigenvalue weighted by Crippen LogP contribution is 2.28. The van der Waals surface area contributed by atoms with E-state index in [0.717, 1.165) is 31.6 Å². The number of hydrogen-bond acceptors (Lipinski definition) is 2. The van der Waals surface area contributed by atoms with Crippen LogP contribution in [0.4, 0.5) is 10.1 Å². The zero-order valence-electron chi connectivity index (χ0n) is 11.2. The Morgan fingerprint density at radius 3 is 2.33 bits per heavy atom. The van der Waals surface area contributed by atoms with Gasteiger partial charge in [0.15, 0.2) is 0 Å². The second-order valence-electron chi connectivity index (χ2n) is 5.41. The number of halogens is 1. The summed E-state index contributed by atoms with van der Waals surface area (Å²) in [6.45, 7) is 3.90. The molecule has 18 heavy (non-hydrogen) atoms. The molecule has 100 valence electrons. The number of hydrogen-bond donors (Lipinski definition) is 1. The zero-order valence-corrected chi connectivity index (χ0v) is 11.2. The summed E-state index contributed by atoms with van der Waals surface area (Å²) in [5.74, 6) is -0.185. The maximum absolute atomic E-state index is 12.9. The summed E-state index contributed by atoms with van der Waals surface area (Å²) in [6, 6.07) is 6.71. The van der Waals surface area contributed by atoms with Crippen molar-refractivity contribution in [1.29, 1.82) is 0 Å². The minimum absolute atomic E-state index is 0.0668. The van der Waals surface area contributed by atoms with Crippen LogP contribution >= 0.6 is 0 Å². The predicted molar refractivity (Wildman–Crippen MR) is 74.3 cm³/mol. The Kier molecular flexibility index (Phi) is 4.23. The third kappa shape index (κ3) is 3.22. The molecular weight excluding hydrogens is 227 g/mol. The molecule has 0 unspecified atom stereocenters. The first-order valence-corrected chi connectivity index (χ1v) is 6.92. The van der Waals surface area contributed by atoms with Gasteiger partial charge in [-0.15, -0.1) is 0 Å². The van der Waals surface area contributed by atoms with E-state index in [9.17, 15) is 4.39 Å². The van der Waals surface area contributed by atoms with Gasteiger partial charge in [0, 0.05) is 24.3 Å². The van der Waals surface area contributed by atoms with Crippen LogP contribution in [0, 0.1) is 5.82 Å². The number of anilines is 1. The Bertz CT molecular complexity index is 369. The number of rotatable bonds is 4. The fraction of sp³-hybridized carbons (Fsp3) is 0.600. The Labute approximate surface area is 109 Å². The van der Waals surface area contributed by atoms with Crippen LogP contribution in [0.1, 0.15) is 39.0 Å². The molecule has 0 saturated heterocycles. The van der Waals surface area contributed by atoms with Crippen molar-refractivity contribution in [3.05, 3.63) is 30.1 Å². The molecule has 2 rings (SSSR count). The van der Waals surface area contributed by atoms with Crippen molar-refractivity contribution in [3.8, 4) is 0 Å². The molecule has 0 bridgehead atoms. The van der Waals surface area contributed by atoms with Gasteiger partial charge in [-0.2, -0.15) is 0 Å². The van der Waals surface area contributed by atoms with Gasteiger partial charge in [0.2, 0.25) is 0 Å². The van der Waals surface area contributed by atoms with Crippen LogP contribution in [0.15, 0.2) is 24.3 Å². The molecule has 2 nitrogen and oxygen atoms in total. The first-order valence-electron chi connectivity index (χ1n) is 6.92. The molecule has 1 saturated carbocycles. The first-order chi connectivity index (χ1) is 8.63. The van der Waals surface area contributed by atoms with Crippen LogP contribution in [-0.4, -0.2) is 18.6 Å². The maximum atomic E-state index is 12.9. The van der Waals surface area contributed by atoms with E-state index in [0.29, 0.717) is 0 Å². The topological polar surface area (TPSA) is 29.3 Å². The second kappa shape index (κ2) is 5.70. The number of nitrogens with two attached hydrogens (primary N) is 1. The van der Waals surface area contributed by atoms with Gasteiger partial charge in [-0.05, 0) is 44.0 Å². The molecule has 0 aromatic heterocycles. The van der Waals surface area contributed by atoms with Crippen molar-refractivity contribution in [2.24, 2.45) is 5.73 Å². The van der Waals surface area contributed by atoms with Gasteiger partial charge in [0.05, 0.1) is 0 Å². The average molecular weight is 250 g/mol. The molecule has 0 aliphatic heterocycles. The van der Waals surface area contributed by atoms with Crippen molar-refractivity contribution in [2.45, 2.75) is 44.6 Å². The van der Waals surface area contributed by atoms with Crippen molar-refractivity contribution in [2.75, 3.05) is 18.0 Å². The Morgan fingerprint density at radius 1 is 1.17 bits per heavy atom. The summed E-state index contributed by atoms with van der Waals surface area (Å²) >= 11 is 0. The first kappa shape index (κ1) is 13.3. The molecule has 1 aliphatic rings. The van der Waals surface area contributed by atoms with Crippen molar-refractivity contribution in [1.82, 2.24) is 0 Å². The van der Waals surface area contributed by atoms with E-state index in [1.54, 1.807) is 0 Å². The number of likely N-dealkylation sites (N-methyl/N-ethyl adjacent to an activating group) is 1. The quantitative estimate of drug-likeness (QED) is 0.888. The van der Waals surface area contributed by atoms with Gasteiger partial charge in [-0.3, -0.25) is 0 Å². The monoisotopic (exact) mass is 250 g/mol. The van der Waals surface area contributed by atoms with Gasteiger partial charge in [-0.1, -0.05) is 19.3 Å². The van der Waals surface area contributed by atoms with Gasteiger partial charge in [-0.25, -0.2) is 4.39 Å². The van der Waals surface area contributed by atoms with Gasteiger partial charge in [0.25, 0.3) is 0 Å². The van der Waals surface area contributed by atoms with E-state index in [1.807, 2.05) is 12.1 Å². The summed E-state index contributed by atoms with van der Waals surface area (Å²) < 4.78 is 12.9.